The SMILES string of the molecule is Cc1cccc(C#N)c1N1CC2CNCC2C1C. The van der Waals surface area contributed by atoms with Crippen molar-refractivity contribution < 1.29 is 0 Å². The minimum atomic E-state index is 0.526. The number of benzene rings is 1. The van der Waals surface area contributed by atoms with Crippen molar-refractivity contribution in [1.82, 2.24) is 5.32 Å². The number of nitrogens with zero attached hydrogens (tertiary/aromatic N) is 2. The molecule has 94 valence electrons. The zero-order chi connectivity index (χ0) is 12.7. The van der Waals surface area contributed by atoms with Gasteiger partial charge in [0.2, 0.25) is 0 Å². The van der Waals surface area contributed by atoms with Gasteiger partial charge in [-0.1, -0.05) is 12.1 Å². The van der Waals surface area contributed by atoms with E-state index >= 15 is 0 Å². The summed E-state index contributed by atoms with van der Waals surface area (Å²) >= 11 is 0. The molecule has 18 heavy (non-hydrogen) atoms. The van der Waals surface area contributed by atoms with Gasteiger partial charge in [0.15, 0.2) is 0 Å². The molecule has 1 N–H and O–H groups in total. The first kappa shape index (κ1) is 11.6. The number of aryl methyl sites for hydroxylation is 1. The Morgan fingerprint density at radius 1 is 1.39 bits per heavy atom. The highest BCUT2D eigenvalue weighted by Gasteiger charge is 2.42. The molecule has 0 bridgehead atoms. The molecule has 0 spiro atoms. The number of hydrogen-bond acceptors (Lipinski definition) is 3. The third-order valence-electron chi connectivity index (χ3n) is 4.58. The van der Waals surface area contributed by atoms with Gasteiger partial charge in [0.25, 0.3) is 0 Å². The van der Waals surface area contributed by atoms with Crippen LogP contribution in [0.4, 0.5) is 5.69 Å². The van der Waals surface area contributed by atoms with Crippen LogP contribution in [-0.4, -0.2) is 25.7 Å². The summed E-state index contributed by atoms with van der Waals surface area (Å²) in [5, 5.41) is 12.8. The Labute approximate surface area is 108 Å². The fourth-order valence-corrected chi connectivity index (χ4v) is 3.59. The number of anilines is 1. The maximum absolute atomic E-state index is 9.30. The molecule has 3 heteroatoms. The van der Waals surface area contributed by atoms with Crippen LogP contribution in [0.25, 0.3) is 0 Å². The fourth-order valence-electron chi connectivity index (χ4n) is 3.59. The molecule has 2 aliphatic rings. The van der Waals surface area contributed by atoms with Gasteiger partial charge in [0, 0.05) is 25.7 Å². The second kappa shape index (κ2) is 4.29. The van der Waals surface area contributed by atoms with Gasteiger partial charge in [0.1, 0.15) is 6.07 Å². The second-order valence-corrected chi connectivity index (χ2v) is 5.56. The van der Waals surface area contributed by atoms with Crippen LogP contribution in [-0.2, 0) is 0 Å². The van der Waals surface area contributed by atoms with Crippen LogP contribution >= 0.6 is 0 Å². The summed E-state index contributed by atoms with van der Waals surface area (Å²) in [7, 11) is 0. The van der Waals surface area contributed by atoms with Gasteiger partial charge in [0.05, 0.1) is 11.3 Å². The van der Waals surface area contributed by atoms with E-state index in [4.69, 9.17) is 0 Å². The van der Waals surface area contributed by atoms with E-state index in [2.05, 4.69) is 36.2 Å². The topological polar surface area (TPSA) is 39.1 Å². The van der Waals surface area contributed by atoms with Gasteiger partial charge in [-0.25, -0.2) is 0 Å². The summed E-state index contributed by atoms with van der Waals surface area (Å²) < 4.78 is 0. The van der Waals surface area contributed by atoms with Crippen molar-refractivity contribution in [3.05, 3.63) is 29.3 Å². The van der Waals surface area contributed by atoms with E-state index in [-0.39, 0.29) is 0 Å². The first-order valence-electron chi connectivity index (χ1n) is 6.69. The molecule has 3 atom stereocenters. The fraction of sp³-hybridized carbons (Fsp3) is 0.533. The number of nitriles is 1. The molecule has 2 saturated heterocycles. The first-order chi connectivity index (χ1) is 8.72. The Balaban J connectivity index is 1.99. The van der Waals surface area contributed by atoms with Gasteiger partial charge >= 0.3 is 0 Å². The molecule has 3 unspecified atom stereocenters. The molecule has 2 heterocycles. The predicted octanol–water partition coefficient (Wildman–Crippen LogP) is 1.91. The Morgan fingerprint density at radius 3 is 2.94 bits per heavy atom. The summed E-state index contributed by atoms with van der Waals surface area (Å²) in [6.07, 6.45) is 0. The van der Waals surface area contributed by atoms with Crippen LogP contribution in [0.5, 0.6) is 0 Å². The van der Waals surface area contributed by atoms with E-state index in [0.717, 1.165) is 42.7 Å². The average molecular weight is 241 g/mol. The molecule has 0 aliphatic carbocycles. The monoisotopic (exact) mass is 241 g/mol. The summed E-state index contributed by atoms with van der Waals surface area (Å²) in [4.78, 5) is 2.45. The van der Waals surface area contributed by atoms with Gasteiger partial charge in [-0.05, 0) is 37.3 Å². The number of fused-ring (bicyclic) bond motifs is 1. The average Bonchev–Trinajstić information content (AvgIpc) is 2.93. The van der Waals surface area contributed by atoms with Crippen molar-refractivity contribution in [3.8, 4) is 6.07 Å². The molecular weight excluding hydrogens is 222 g/mol. The maximum atomic E-state index is 9.30. The number of rotatable bonds is 1. The molecule has 2 fully saturated rings. The number of para-hydroxylation sites is 1. The van der Waals surface area contributed by atoms with E-state index in [1.54, 1.807) is 0 Å². The van der Waals surface area contributed by atoms with E-state index in [0.29, 0.717) is 6.04 Å². The quantitative estimate of drug-likeness (QED) is 0.816. The van der Waals surface area contributed by atoms with Crippen molar-refractivity contribution in [2.75, 3.05) is 24.5 Å². The highest BCUT2D eigenvalue weighted by molar-refractivity contribution is 5.65. The summed E-state index contributed by atoms with van der Waals surface area (Å²) in [6, 6.07) is 8.88. The zero-order valence-electron chi connectivity index (χ0n) is 11.0. The lowest BCUT2D eigenvalue weighted by atomic mass is 9.95. The molecule has 1 aromatic rings. The predicted molar refractivity (Wildman–Crippen MR) is 72.6 cm³/mol. The standard InChI is InChI=1S/C15H19N3/c1-10-4-3-5-12(6-16)15(10)18-9-13-7-17-8-14(13)11(18)2/h3-5,11,13-14,17H,7-9H2,1-2H3. The summed E-state index contributed by atoms with van der Waals surface area (Å²) in [5.41, 5.74) is 3.19. The normalized spacial score (nSPS) is 30.3. The third kappa shape index (κ3) is 1.60. The number of nitrogens with one attached hydrogen (secondary N) is 1. The summed E-state index contributed by atoms with van der Waals surface area (Å²) in [6.45, 7) is 7.73. The van der Waals surface area contributed by atoms with E-state index in [1.165, 1.54) is 5.56 Å². The van der Waals surface area contributed by atoms with Crippen molar-refractivity contribution >= 4 is 5.69 Å². The van der Waals surface area contributed by atoms with E-state index < -0.39 is 0 Å². The molecule has 3 rings (SSSR count). The van der Waals surface area contributed by atoms with Crippen LogP contribution in [0.2, 0.25) is 0 Å². The highest BCUT2D eigenvalue weighted by Crippen LogP contribution is 2.38. The van der Waals surface area contributed by atoms with Gasteiger partial charge in [-0.15, -0.1) is 0 Å². The van der Waals surface area contributed by atoms with Gasteiger partial charge < -0.3 is 10.2 Å². The Bertz CT molecular complexity index is 503. The summed E-state index contributed by atoms with van der Waals surface area (Å²) in [5.74, 6) is 1.47. The van der Waals surface area contributed by atoms with Gasteiger partial charge in [-0.3, -0.25) is 0 Å². The molecule has 0 radical (unpaired) electrons. The van der Waals surface area contributed by atoms with E-state index in [1.807, 2.05) is 12.1 Å². The Morgan fingerprint density at radius 2 is 2.22 bits per heavy atom. The number of hydrogen-bond donors (Lipinski definition) is 1. The van der Waals surface area contributed by atoms with Crippen molar-refractivity contribution in [1.29, 1.82) is 5.26 Å². The van der Waals surface area contributed by atoms with Crippen LogP contribution in [0.15, 0.2) is 18.2 Å². The smallest absolute Gasteiger partial charge is 0.101 e. The molecular formula is C15H19N3. The molecule has 0 amide bonds. The lowest BCUT2D eigenvalue weighted by Gasteiger charge is -2.29. The van der Waals surface area contributed by atoms with Gasteiger partial charge in [-0.2, -0.15) is 5.26 Å². The Kier molecular flexibility index (Phi) is 2.76. The van der Waals surface area contributed by atoms with Crippen molar-refractivity contribution in [2.45, 2.75) is 19.9 Å². The van der Waals surface area contributed by atoms with Crippen molar-refractivity contribution in [2.24, 2.45) is 11.8 Å². The lowest BCUT2D eigenvalue weighted by Crippen LogP contribution is -2.34. The molecule has 1 aromatic carbocycles. The Hall–Kier alpha value is -1.53. The maximum Gasteiger partial charge on any atom is 0.101 e. The van der Waals surface area contributed by atoms with Crippen LogP contribution in [0, 0.1) is 30.1 Å². The third-order valence-corrected chi connectivity index (χ3v) is 4.58. The molecule has 0 aromatic heterocycles. The minimum Gasteiger partial charge on any atom is -0.367 e. The molecule has 0 saturated carbocycles. The largest absolute Gasteiger partial charge is 0.367 e. The zero-order valence-corrected chi connectivity index (χ0v) is 11.0. The van der Waals surface area contributed by atoms with Crippen LogP contribution < -0.4 is 10.2 Å². The van der Waals surface area contributed by atoms with Crippen LogP contribution in [0.3, 0.4) is 0 Å². The van der Waals surface area contributed by atoms with Crippen molar-refractivity contribution in [3.63, 3.8) is 0 Å². The minimum absolute atomic E-state index is 0.526. The first-order valence-corrected chi connectivity index (χ1v) is 6.69. The highest BCUT2D eigenvalue weighted by atomic mass is 15.2. The van der Waals surface area contributed by atoms with E-state index in [9.17, 15) is 5.26 Å². The second-order valence-electron chi connectivity index (χ2n) is 5.56. The molecule has 2 aliphatic heterocycles. The molecule has 3 nitrogen and oxygen atoms in total. The lowest BCUT2D eigenvalue weighted by molar-refractivity contribution is 0.471. The van der Waals surface area contributed by atoms with Crippen LogP contribution in [0.1, 0.15) is 18.1 Å².